The lowest BCUT2D eigenvalue weighted by Crippen LogP contribution is -2.29. The van der Waals surface area contributed by atoms with Gasteiger partial charge in [0.25, 0.3) is 0 Å². The van der Waals surface area contributed by atoms with Gasteiger partial charge in [0.2, 0.25) is 5.91 Å². The maximum atomic E-state index is 11.7. The summed E-state index contributed by atoms with van der Waals surface area (Å²) in [5.41, 5.74) is 7.31. The van der Waals surface area contributed by atoms with Gasteiger partial charge in [0.05, 0.1) is 13.0 Å². The molecule has 1 amide bonds. The molecule has 0 atom stereocenters. The summed E-state index contributed by atoms with van der Waals surface area (Å²) in [6, 6.07) is 7.42. The molecule has 3 N–H and O–H groups in total. The van der Waals surface area contributed by atoms with Crippen molar-refractivity contribution in [2.75, 3.05) is 25.5 Å². The normalized spacial score (nSPS) is 10.7. The number of anilines is 1. The molecule has 19 heavy (non-hydrogen) atoms. The van der Waals surface area contributed by atoms with Crippen LogP contribution in [0, 0.1) is 5.92 Å². The predicted octanol–water partition coefficient (Wildman–Crippen LogP) is 1.99. The Morgan fingerprint density at radius 1 is 1.32 bits per heavy atom. The van der Waals surface area contributed by atoms with Crippen LogP contribution in [-0.4, -0.2) is 25.7 Å². The zero-order valence-electron chi connectivity index (χ0n) is 11.8. The minimum Gasteiger partial charge on any atom is -0.398 e. The van der Waals surface area contributed by atoms with Gasteiger partial charge < -0.3 is 15.8 Å². The molecule has 0 aliphatic carbocycles. The highest BCUT2D eigenvalue weighted by Crippen LogP contribution is 2.10. The lowest BCUT2D eigenvalue weighted by molar-refractivity contribution is -0.120. The number of nitrogens with two attached hydrogens (primary N) is 1. The van der Waals surface area contributed by atoms with Crippen LogP contribution in [-0.2, 0) is 16.0 Å². The number of nitrogen functional groups attached to an aromatic ring is 1. The average molecular weight is 264 g/mol. The molecule has 0 aliphatic heterocycles. The number of amides is 1. The van der Waals surface area contributed by atoms with Gasteiger partial charge in [-0.2, -0.15) is 0 Å². The molecule has 0 bridgehead atoms. The van der Waals surface area contributed by atoms with Crippen molar-refractivity contribution < 1.29 is 9.53 Å². The molecule has 0 saturated carbocycles. The first kappa shape index (κ1) is 15.5. The Morgan fingerprint density at radius 2 is 2.05 bits per heavy atom. The highest BCUT2D eigenvalue weighted by Gasteiger charge is 2.05. The molecule has 4 heteroatoms. The molecule has 1 rings (SSSR count). The second kappa shape index (κ2) is 8.53. The van der Waals surface area contributed by atoms with E-state index in [1.54, 1.807) is 6.07 Å². The number of nitrogens with one attached hydrogen (secondary N) is 1. The summed E-state index contributed by atoms with van der Waals surface area (Å²) in [7, 11) is 0. The van der Waals surface area contributed by atoms with Crippen molar-refractivity contribution in [1.82, 2.24) is 5.32 Å². The van der Waals surface area contributed by atoms with Gasteiger partial charge in [-0.3, -0.25) is 4.79 Å². The molecule has 106 valence electrons. The number of hydrogen-bond donors (Lipinski definition) is 2. The Kier molecular flexibility index (Phi) is 6.97. The topological polar surface area (TPSA) is 64.3 Å². The first-order chi connectivity index (χ1) is 9.09. The van der Waals surface area contributed by atoms with Crippen LogP contribution in [0.1, 0.15) is 25.8 Å². The minimum absolute atomic E-state index is 0.0228. The summed E-state index contributed by atoms with van der Waals surface area (Å²) >= 11 is 0. The number of ether oxygens (including phenoxy) is 1. The Morgan fingerprint density at radius 3 is 2.74 bits per heavy atom. The van der Waals surface area contributed by atoms with E-state index >= 15 is 0 Å². The lowest BCUT2D eigenvalue weighted by atomic mass is 10.1. The first-order valence-electron chi connectivity index (χ1n) is 6.77. The molecule has 0 aromatic heterocycles. The highest BCUT2D eigenvalue weighted by molar-refractivity contribution is 5.80. The SMILES string of the molecule is CC(C)CCOCCNC(=O)Cc1ccccc1N. The Bertz CT molecular complexity index is 391. The van der Waals surface area contributed by atoms with Crippen LogP contribution in [0.25, 0.3) is 0 Å². The average Bonchev–Trinajstić information content (AvgIpc) is 2.36. The summed E-state index contributed by atoms with van der Waals surface area (Å²) in [5.74, 6) is 0.626. The maximum absolute atomic E-state index is 11.7. The number of benzene rings is 1. The zero-order valence-corrected chi connectivity index (χ0v) is 11.8. The molecule has 1 aromatic rings. The highest BCUT2D eigenvalue weighted by atomic mass is 16.5. The predicted molar refractivity (Wildman–Crippen MR) is 77.8 cm³/mol. The lowest BCUT2D eigenvalue weighted by Gasteiger charge is -2.08. The molecular formula is C15H24N2O2. The van der Waals surface area contributed by atoms with Crippen molar-refractivity contribution in [3.05, 3.63) is 29.8 Å². The van der Waals surface area contributed by atoms with Gasteiger partial charge in [-0.05, 0) is 24.0 Å². The van der Waals surface area contributed by atoms with Gasteiger partial charge in [-0.15, -0.1) is 0 Å². The van der Waals surface area contributed by atoms with E-state index in [0.717, 1.165) is 18.6 Å². The van der Waals surface area contributed by atoms with Crippen molar-refractivity contribution in [1.29, 1.82) is 0 Å². The molecule has 0 heterocycles. The van der Waals surface area contributed by atoms with Crippen molar-refractivity contribution in [2.24, 2.45) is 5.92 Å². The quantitative estimate of drug-likeness (QED) is 0.557. The van der Waals surface area contributed by atoms with Crippen molar-refractivity contribution in [3.63, 3.8) is 0 Å². The van der Waals surface area contributed by atoms with E-state index in [9.17, 15) is 4.79 Å². The molecule has 0 unspecified atom stereocenters. The summed E-state index contributed by atoms with van der Waals surface area (Å²) in [6.45, 7) is 6.18. The Balaban J connectivity index is 2.13. The number of carbonyl (C=O) groups is 1. The summed E-state index contributed by atoms with van der Waals surface area (Å²) in [6.07, 6.45) is 1.37. The van der Waals surface area contributed by atoms with E-state index in [4.69, 9.17) is 10.5 Å². The van der Waals surface area contributed by atoms with Crippen LogP contribution in [0.2, 0.25) is 0 Å². The van der Waals surface area contributed by atoms with Gasteiger partial charge in [0.1, 0.15) is 0 Å². The van der Waals surface area contributed by atoms with Crippen LogP contribution in [0.5, 0.6) is 0 Å². The minimum atomic E-state index is -0.0228. The third-order valence-corrected chi connectivity index (χ3v) is 2.81. The summed E-state index contributed by atoms with van der Waals surface area (Å²) in [4.78, 5) is 11.7. The zero-order chi connectivity index (χ0) is 14.1. The number of para-hydroxylation sites is 1. The van der Waals surface area contributed by atoms with Crippen LogP contribution in [0.15, 0.2) is 24.3 Å². The van der Waals surface area contributed by atoms with Crippen LogP contribution in [0.3, 0.4) is 0 Å². The van der Waals surface area contributed by atoms with Crippen molar-refractivity contribution in [2.45, 2.75) is 26.7 Å². The molecule has 4 nitrogen and oxygen atoms in total. The molecule has 1 aromatic carbocycles. The second-order valence-electron chi connectivity index (χ2n) is 5.02. The van der Waals surface area contributed by atoms with Crippen LogP contribution >= 0.6 is 0 Å². The van der Waals surface area contributed by atoms with E-state index in [1.165, 1.54) is 0 Å². The first-order valence-corrected chi connectivity index (χ1v) is 6.77. The third-order valence-electron chi connectivity index (χ3n) is 2.81. The van der Waals surface area contributed by atoms with E-state index in [0.29, 0.717) is 31.2 Å². The fourth-order valence-electron chi connectivity index (χ4n) is 1.61. The summed E-state index contributed by atoms with van der Waals surface area (Å²) < 4.78 is 5.43. The smallest absolute Gasteiger partial charge is 0.224 e. The fraction of sp³-hybridized carbons (Fsp3) is 0.533. The van der Waals surface area contributed by atoms with Crippen LogP contribution < -0.4 is 11.1 Å². The fourth-order valence-corrected chi connectivity index (χ4v) is 1.61. The van der Waals surface area contributed by atoms with E-state index in [2.05, 4.69) is 19.2 Å². The molecule has 0 radical (unpaired) electrons. The molecule has 0 spiro atoms. The standard InChI is InChI=1S/C15H24N2O2/c1-12(2)7-9-19-10-8-17-15(18)11-13-5-3-4-6-14(13)16/h3-6,12H,7-11,16H2,1-2H3,(H,17,18). The molecule has 0 fully saturated rings. The monoisotopic (exact) mass is 264 g/mol. The summed E-state index contributed by atoms with van der Waals surface area (Å²) in [5, 5.41) is 2.83. The van der Waals surface area contributed by atoms with Gasteiger partial charge in [0.15, 0.2) is 0 Å². The maximum Gasteiger partial charge on any atom is 0.224 e. The molecule has 0 aliphatic rings. The molecular weight excluding hydrogens is 240 g/mol. The third kappa shape index (κ3) is 6.82. The number of hydrogen-bond acceptors (Lipinski definition) is 3. The number of carbonyl (C=O) groups excluding carboxylic acids is 1. The second-order valence-corrected chi connectivity index (χ2v) is 5.02. The Labute approximate surface area is 115 Å². The van der Waals surface area contributed by atoms with Gasteiger partial charge >= 0.3 is 0 Å². The van der Waals surface area contributed by atoms with Crippen molar-refractivity contribution >= 4 is 11.6 Å². The van der Waals surface area contributed by atoms with E-state index < -0.39 is 0 Å². The van der Waals surface area contributed by atoms with Gasteiger partial charge in [-0.1, -0.05) is 32.0 Å². The number of rotatable bonds is 8. The van der Waals surface area contributed by atoms with E-state index in [-0.39, 0.29) is 5.91 Å². The molecule has 0 saturated heterocycles. The van der Waals surface area contributed by atoms with Crippen molar-refractivity contribution in [3.8, 4) is 0 Å². The largest absolute Gasteiger partial charge is 0.398 e. The van der Waals surface area contributed by atoms with Crippen LogP contribution in [0.4, 0.5) is 5.69 Å². The Hall–Kier alpha value is -1.55. The van der Waals surface area contributed by atoms with E-state index in [1.807, 2.05) is 18.2 Å². The van der Waals surface area contributed by atoms with Gasteiger partial charge in [-0.25, -0.2) is 0 Å². The van der Waals surface area contributed by atoms with Gasteiger partial charge in [0, 0.05) is 18.8 Å².